The molecule has 1 unspecified atom stereocenters. The Morgan fingerprint density at radius 1 is 1.04 bits per heavy atom. The summed E-state index contributed by atoms with van der Waals surface area (Å²) in [5.74, 6) is 0.547. The number of carbonyl (C=O) groups excluding carboxylic acids is 1. The molecule has 0 heterocycles. The standard InChI is InChI=1S/C20H25NO5S/c1-20(2,3)26-19(22)14-21(27(23)16-9-7-6-8-10-16)17-13-15(24-4)11-12-18(17)25-5/h6-13H,14H2,1-5H3. The first-order valence-electron chi connectivity index (χ1n) is 8.43. The molecule has 27 heavy (non-hydrogen) atoms. The number of carbonyl (C=O) groups is 1. The van der Waals surface area contributed by atoms with Gasteiger partial charge >= 0.3 is 5.97 Å². The smallest absolute Gasteiger partial charge is 0.327 e. The van der Waals surface area contributed by atoms with E-state index in [9.17, 15) is 9.00 Å². The Labute approximate surface area is 162 Å². The second-order valence-corrected chi connectivity index (χ2v) is 8.13. The molecule has 0 saturated heterocycles. The molecular formula is C20H25NO5S. The van der Waals surface area contributed by atoms with Crippen LogP contribution in [0, 0.1) is 0 Å². The lowest BCUT2D eigenvalue weighted by Gasteiger charge is -2.27. The predicted molar refractivity (Wildman–Crippen MR) is 106 cm³/mol. The third-order valence-corrected chi connectivity index (χ3v) is 4.89. The summed E-state index contributed by atoms with van der Waals surface area (Å²) in [6.45, 7) is 5.16. The van der Waals surface area contributed by atoms with Crippen molar-refractivity contribution in [3.05, 3.63) is 48.5 Å². The average molecular weight is 391 g/mol. The molecule has 0 aliphatic heterocycles. The van der Waals surface area contributed by atoms with Gasteiger partial charge in [0.2, 0.25) is 0 Å². The molecule has 0 radical (unpaired) electrons. The summed E-state index contributed by atoms with van der Waals surface area (Å²) in [6.07, 6.45) is 0. The molecule has 6 nitrogen and oxygen atoms in total. The number of hydrogen-bond acceptors (Lipinski definition) is 5. The van der Waals surface area contributed by atoms with Crippen LogP contribution in [-0.4, -0.2) is 36.5 Å². The molecule has 0 saturated carbocycles. The van der Waals surface area contributed by atoms with Crippen molar-refractivity contribution in [2.24, 2.45) is 0 Å². The van der Waals surface area contributed by atoms with Crippen LogP contribution >= 0.6 is 0 Å². The summed E-state index contributed by atoms with van der Waals surface area (Å²) in [5.41, 5.74) is -0.167. The quantitative estimate of drug-likeness (QED) is 0.675. The Morgan fingerprint density at radius 2 is 1.70 bits per heavy atom. The van der Waals surface area contributed by atoms with Gasteiger partial charge in [0.15, 0.2) is 11.0 Å². The normalized spacial score (nSPS) is 12.2. The Hall–Kier alpha value is -2.54. The molecule has 2 aromatic carbocycles. The van der Waals surface area contributed by atoms with Crippen LogP contribution < -0.4 is 13.8 Å². The Bertz CT molecular complexity index is 802. The first-order chi connectivity index (χ1) is 12.7. The lowest BCUT2D eigenvalue weighted by Crippen LogP contribution is -2.36. The van der Waals surface area contributed by atoms with Crippen LogP contribution in [0.5, 0.6) is 11.5 Å². The number of benzene rings is 2. The van der Waals surface area contributed by atoms with E-state index in [1.165, 1.54) is 18.5 Å². The van der Waals surface area contributed by atoms with E-state index in [0.717, 1.165) is 0 Å². The highest BCUT2D eigenvalue weighted by molar-refractivity contribution is 7.86. The molecule has 0 fully saturated rings. The molecule has 0 amide bonds. The van der Waals surface area contributed by atoms with Crippen molar-refractivity contribution in [3.8, 4) is 11.5 Å². The molecular weight excluding hydrogens is 366 g/mol. The van der Waals surface area contributed by atoms with Gasteiger partial charge in [0, 0.05) is 6.07 Å². The minimum Gasteiger partial charge on any atom is -0.497 e. The van der Waals surface area contributed by atoms with Crippen LogP contribution in [0.3, 0.4) is 0 Å². The topological polar surface area (TPSA) is 65.1 Å². The molecule has 7 heteroatoms. The van der Waals surface area contributed by atoms with Gasteiger partial charge in [0.25, 0.3) is 0 Å². The van der Waals surface area contributed by atoms with Gasteiger partial charge in [-0.3, -0.25) is 9.10 Å². The van der Waals surface area contributed by atoms with Gasteiger partial charge in [-0.05, 0) is 45.0 Å². The minimum atomic E-state index is -1.65. The third kappa shape index (κ3) is 5.72. The first kappa shape index (κ1) is 20.8. The molecule has 2 rings (SSSR count). The van der Waals surface area contributed by atoms with Gasteiger partial charge in [-0.25, -0.2) is 4.21 Å². The SMILES string of the molecule is COc1ccc(OC)c(N(CC(=O)OC(C)(C)C)S(=O)c2ccccc2)c1. The van der Waals surface area contributed by atoms with Crippen LogP contribution in [-0.2, 0) is 20.5 Å². The van der Waals surface area contributed by atoms with Crippen LogP contribution in [0.25, 0.3) is 0 Å². The van der Waals surface area contributed by atoms with Crippen molar-refractivity contribution in [2.75, 3.05) is 25.1 Å². The fourth-order valence-corrected chi connectivity index (χ4v) is 3.57. The Kier molecular flexibility index (Phi) is 6.85. The van der Waals surface area contributed by atoms with Gasteiger partial charge < -0.3 is 14.2 Å². The van der Waals surface area contributed by atoms with Crippen molar-refractivity contribution in [2.45, 2.75) is 31.3 Å². The fraction of sp³-hybridized carbons (Fsp3) is 0.350. The molecule has 0 bridgehead atoms. The molecule has 0 spiro atoms. The number of rotatable bonds is 7. The number of esters is 1. The van der Waals surface area contributed by atoms with E-state index >= 15 is 0 Å². The van der Waals surface area contributed by atoms with Crippen molar-refractivity contribution in [1.29, 1.82) is 0 Å². The van der Waals surface area contributed by atoms with E-state index in [-0.39, 0.29) is 6.54 Å². The van der Waals surface area contributed by atoms with E-state index in [0.29, 0.717) is 22.1 Å². The van der Waals surface area contributed by atoms with Crippen LogP contribution in [0.2, 0.25) is 0 Å². The highest BCUT2D eigenvalue weighted by Gasteiger charge is 2.26. The van der Waals surface area contributed by atoms with Gasteiger partial charge in [-0.1, -0.05) is 18.2 Å². The summed E-state index contributed by atoms with van der Waals surface area (Å²) in [5, 5.41) is 0. The van der Waals surface area contributed by atoms with Crippen LogP contribution in [0.1, 0.15) is 20.8 Å². The van der Waals surface area contributed by atoms with Crippen LogP contribution in [0.4, 0.5) is 5.69 Å². The predicted octanol–water partition coefficient (Wildman–Crippen LogP) is 3.57. The van der Waals surface area contributed by atoms with Crippen molar-refractivity contribution < 1.29 is 23.2 Å². The zero-order valence-corrected chi connectivity index (χ0v) is 17.0. The maximum atomic E-state index is 13.2. The number of anilines is 1. The van der Waals surface area contributed by atoms with E-state index in [4.69, 9.17) is 14.2 Å². The maximum absolute atomic E-state index is 13.2. The van der Waals surface area contributed by atoms with Crippen molar-refractivity contribution in [1.82, 2.24) is 0 Å². The van der Waals surface area contributed by atoms with Crippen LogP contribution in [0.15, 0.2) is 53.4 Å². The van der Waals surface area contributed by atoms with Crippen molar-refractivity contribution in [3.63, 3.8) is 0 Å². The monoisotopic (exact) mass is 391 g/mol. The summed E-state index contributed by atoms with van der Waals surface area (Å²) in [4.78, 5) is 13.0. The minimum absolute atomic E-state index is 0.206. The van der Waals surface area contributed by atoms with Crippen molar-refractivity contribution >= 4 is 22.6 Å². The molecule has 0 aromatic heterocycles. The maximum Gasteiger partial charge on any atom is 0.327 e. The molecule has 146 valence electrons. The Morgan fingerprint density at radius 3 is 2.26 bits per heavy atom. The highest BCUT2D eigenvalue weighted by atomic mass is 32.2. The molecule has 0 aliphatic rings. The summed E-state index contributed by atoms with van der Waals surface area (Å²) in [6, 6.07) is 14.0. The Balaban J connectivity index is 2.46. The fourth-order valence-electron chi connectivity index (χ4n) is 2.38. The second kappa shape index (κ2) is 8.90. The van der Waals surface area contributed by atoms with E-state index in [2.05, 4.69) is 0 Å². The summed E-state index contributed by atoms with van der Waals surface area (Å²) >= 11 is 0. The molecule has 2 aromatic rings. The van der Waals surface area contributed by atoms with E-state index in [1.54, 1.807) is 63.2 Å². The summed E-state index contributed by atoms with van der Waals surface area (Å²) in [7, 11) is 1.41. The zero-order valence-electron chi connectivity index (χ0n) is 16.2. The van der Waals surface area contributed by atoms with Gasteiger partial charge in [0.05, 0.1) is 24.8 Å². The van der Waals surface area contributed by atoms with Gasteiger partial charge in [0.1, 0.15) is 23.6 Å². The molecule has 0 aliphatic carbocycles. The highest BCUT2D eigenvalue weighted by Crippen LogP contribution is 2.34. The van der Waals surface area contributed by atoms with E-state index in [1.807, 2.05) is 6.07 Å². The average Bonchev–Trinajstić information content (AvgIpc) is 2.64. The first-order valence-corrected chi connectivity index (χ1v) is 9.54. The second-order valence-electron chi connectivity index (χ2n) is 6.72. The third-order valence-electron chi connectivity index (χ3n) is 3.49. The van der Waals surface area contributed by atoms with E-state index < -0.39 is 22.6 Å². The summed E-state index contributed by atoms with van der Waals surface area (Å²) < 4.78 is 30.8. The largest absolute Gasteiger partial charge is 0.497 e. The number of methoxy groups -OCH3 is 2. The van der Waals surface area contributed by atoms with Gasteiger partial charge in [-0.15, -0.1) is 0 Å². The number of hydrogen-bond donors (Lipinski definition) is 0. The lowest BCUT2D eigenvalue weighted by molar-refractivity contribution is -0.152. The zero-order chi connectivity index (χ0) is 20.0. The molecule has 0 N–H and O–H groups in total. The lowest BCUT2D eigenvalue weighted by atomic mass is 10.2. The number of ether oxygens (including phenoxy) is 3. The number of nitrogens with zero attached hydrogens (tertiary/aromatic N) is 1. The molecule has 1 atom stereocenters. The van der Waals surface area contributed by atoms with Gasteiger partial charge in [-0.2, -0.15) is 0 Å².